The molecule has 0 radical (unpaired) electrons. The van der Waals surface area contributed by atoms with Gasteiger partial charge in [0.15, 0.2) is 18.7 Å². The summed E-state index contributed by atoms with van der Waals surface area (Å²) in [5, 5.41) is 0. The van der Waals surface area contributed by atoms with Crippen LogP contribution in [0.3, 0.4) is 0 Å². The topological polar surface area (TPSA) is 37.4 Å². The third kappa shape index (κ3) is 5.98. The number of aryl methyl sites for hydroxylation is 3. The van der Waals surface area contributed by atoms with Crippen molar-refractivity contribution >= 4 is 17.1 Å². The Bertz CT molecular complexity index is 1930. The van der Waals surface area contributed by atoms with Gasteiger partial charge in [-0.3, -0.25) is 0 Å². The van der Waals surface area contributed by atoms with E-state index in [2.05, 4.69) is 181 Å². The molecular formula is C46H43N3O3. The number of benzene rings is 6. The number of para-hydroxylation sites is 3. The fraction of sp³-hybridized carbons (Fsp3) is 0.217. The first-order valence-corrected chi connectivity index (χ1v) is 18.2. The van der Waals surface area contributed by atoms with Gasteiger partial charge in [0.25, 0.3) is 0 Å². The van der Waals surface area contributed by atoms with Gasteiger partial charge in [0.05, 0.1) is 19.6 Å². The summed E-state index contributed by atoms with van der Waals surface area (Å²) in [4.78, 5) is 7.21. The van der Waals surface area contributed by atoms with Crippen LogP contribution in [-0.2, 0) is 19.6 Å². The summed E-state index contributed by atoms with van der Waals surface area (Å²) in [5.41, 5.74) is 10.3. The monoisotopic (exact) mass is 685 g/mol. The zero-order chi connectivity index (χ0) is 35.2. The minimum Gasteiger partial charge on any atom is -0.469 e. The predicted molar refractivity (Wildman–Crippen MR) is 208 cm³/mol. The minimum atomic E-state index is -0.468. The van der Waals surface area contributed by atoms with Crippen LogP contribution in [-0.4, -0.2) is 18.7 Å². The van der Waals surface area contributed by atoms with Gasteiger partial charge in [-0.25, -0.2) is 0 Å². The lowest BCUT2D eigenvalue weighted by atomic mass is 9.93. The van der Waals surface area contributed by atoms with Crippen LogP contribution in [0, 0.1) is 26.7 Å². The van der Waals surface area contributed by atoms with E-state index < -0.39 is 18.7 Å². The van der Waals surface area contributed by atoms with Crippen molar-refractivity contribution in [2.75, 3.05) is 14.7 Å². The van der Waals surface area contributed by atoms with Gasteiger partial charge in [0, 0.05) is 33.8 Å². The van der Waals surface area contributed by atoms with Crippen molar-refractivity contribution in [3.8, 4) is 17.2 Å². The zero-order valence-corrected chi connectivity index (χ0v) is 29.9. The van der Waals surface area contributed by atoms with E-state index in [9.17, 15) is 0 Å². The average Bonchev–Trinajstić information content (AvgIpc) is 3.18. The Labute approximate surface area is 306 Å². The van der Waals surface area contributed by atoms with Crippen LogP contribution in [0.1, 0.15) is 33.4 Å². The molecule has 6 nitrogen and oxygen atoms in total. The van der Waals surface area contributed by atoms with E-state index in [-0.39, 0.29) is 5.92 Å². The number of anilines is 3. The Kier molecular flexibility index (Phi) is 8.23. The Morgan fingerprint density at radius 2 is 0.654 bits per heavy atom. The normalized spacial score (nSPS) is 19.7. The molecule has 3 atom stereocenters. The lowest BCUT2D eigenvalue weighted by Crippen LogP contribution is -2.65. The van der Waals surface area contributed by atoms with Crippen molar-refractivity contribution in [1.29, 1.82) is 0 Å². The van der Waals surface area contributed by atoms with E-state index in [0.717, 1.165) is 51.0 Å². The molecule has 0 amide bonds. The van der Waals surface area contributed by atoms with Crippen molar-refractivity contribution < 1.29 is 14.2 Å². The summed E-state index contributed by atoms with van der Waals surface area (Å²) >= 11 is 0. The van der Waals surface area contributed by atoms with Crippen LogP contribution < -0.4 is 28.9 Å². The maximum Gasteiger partial charge on any atom is 0.186 e. The third-order valence-corrected chi connectivity index (χ3v) is 10.7. The molecule has 260 valence electrons. The fourth-order valence-corrected chi connectivity index (χ4v) is 7.85. The smallest absolute Gasteiger partial charge is 0.186 e. The SMILES string of the molecule is Cc1ccc(N2Cc3ccccc3OC2C(C2Oc3ccccc3CN2c2ccc(C)cc2)C2Oc3ccccc3CN2c2ccc(C)cc2)cc1. The van der Waals surface area contributed by atoms with Crippen molar-refractivity contribution in [3.63, 3.8) is 0 Å². The van der Waals surface area contributed by atoms with Gasteiger partial charge in [-0.2, -0.15) is 0 Å². The lowest BCUT2D eigenvalue weighted by molar-refractivity contribution is -0.0435. The van der Waals surface area contributed by atoms with Gasteiger partial charge in [0.1, 0.15) is 23.2 Å². The second-order valence-corrected chi connectivity index (χ2v) is 14.3. The molecule has 0 N–H and O–H groups in total. The Hall–Kier alpha value is -5.88. The molecule has 3 unspecified atom stereocenters. The largest absolute Gasteiger partial charge is 0.469 e. The first-order chi connectivity index (χ1) is 25.5. The maximum atomic E-state index is 7.29. The molecule has 52 heavy (non-hydrogen) atoms. The summed E-state index contributed by atoms with van der Waals surface area (Å²) in [7, 11) is 0. The summed E-state index contributed by atoms with van der Waals surface area (Å²) in [5.74, 6) is 2.30. The molecule has 0 aliphatic carbocycles. The highest BCUT2D eigenvalue weighted by Crippen LogP contribution is 2.45. The molecule has 6 heteroatoms. The Balaban J connectivity index is 1.27. The summed E-state index contributed by atoms with van der Waals surface area (Å²) in [6.07, 6.45) is -1.41. The summed E-state index contributed by atoms with van der Waals surface area (Å²) in [6, 6.07) is 51.6. The van der Waals surface area contributed by atoms with E-state index in [1.54, 1.807) is 0 Å². The number of fused-ring (bicyclic) bond motifs is 3. The van der Waals surface area contributed by atoms with E-state index in [1.807, 2.05) is 0 Å². The Morgan fingerprint density at radius 3 is 0.942 bits per heavy atom. The van der Waals surface area contributed by atoms with E-state index in [4.69, 9.17) is 14.2 Å². The number of hydrogen-bond acceptors (Lipinski definition) is 6. The molecule has 0 spiro atoms. The molecule has 6 aromatic rings. The van der Waals surface area contributed by atoms with Gasteiger partial charge in [-0.1, -0.05) is 108 Å². The molecule has 0 saturated carbocycles. The lowest BCUT2D eigenvalue weighted by Gasteiger charge is -2.53. The van der Waals surface area contributed by atoms with E-state index in [1.165, 1.54) is 16.7 Å². The molecular weight excluding hydrogens is 643 g/mol. The maximum absolute atomic E-state index is 7.29. The van der Waals surface area contributed by atoms with Gasteiger partial charge >= 0.3 is 0 Å². The fourth-order valence-electron chi connectivity index (χ4n) is 7.85. The van der Waals surface area contributed by atoms with Crippen molar-refractivity contribution in [2.24, 2.45) is 5.92 Å². The Morgan fingerprint density at radius 1 is 0.385 bits per heavy atom. The molecule has 0 bridgehead atoms. The molecule has 0 aromatic heterocycles. The zero-order valence-electron chi connectivity index (χ0n) is 29.9. The highest BCUT2D eigenvalue weighted by atomic mass is 16.5. The molecule has 3 heterocycles. The molecule has 6 aromatic carbocycles. The van der Waals surface area contributed by atoms with E-state index >= 15 is 0 Å². The minimum absolute atomic E-state index is 0.362. The van der Waals surface area contributed by atoms with Crippen LogP contribution in [0.2, 0.25) is 0 Å². The second kappa shape index (κ2) is 13.3. The van der Waals surface area contributed by atoms with Crippen LogP contribution >= 0.6 is 0 Å². The van der Waals surface area contributed by atoms with Gasteiger partial charge in [-0.05, 0) is 75.4 Å². The molecule has 3 aliphatic heterocycles. The molecule has 0 fully saturated rings. The standard InChI is InChI=1S/C46H43N3O3/c1-31-16-22-37(23-17-31)47-28-34-10-4-7-13-40(34)50-44(47)43(45-48(38-24-18-32(2)19-25-38)29-35-11-5-8-14-41(35)51-45)46-49(39-26-20-33(3)21-27-39)30-36-12-6-9-15-42(36)52-46/h4-27,43-46H,28-30H2,1-3H3. The van der Waals surface area contributed by atoms with Gasteiger partial charge < -0.3 is 28.9 Å². The number of rotatable bonds is 6. The van der Waals surface area contributed by atoms with Crippen LogP contribution in [0.25, 0.3) is 0 Å². The first kappa shape index (κ1) is 32.1. The van der Waals surface area contributed by atoms with Crippen molar-refractivity contribution in [2.45, 2.75) is 59.1 Å². The molecule has 3 aliphatic rings. The first-order valence-electron chi connectivity index (χ1n) is 18.2. The quantitative estimate of drug-likeness (QED) is 0.174. The summed E-state index contributed by atoms with van der Waals surface area (Å²) < 4.78 is 21.9. The van der Waals surface area contributed by atoms with Crippen molar-refractivity contribution in [3.05, 3.63) is 179 Å². The number of ether oxygens (including phenoxy) is 3. The van der Waals surface area contributed by atoms with E-state index in [0.29, 0.717) is 19.6 Å². The predicted octanol–water partition coefficient (Wildman–Crippen LogP) is 9.80. The van der Waals surface area contributed by atoms with Crippen LogP contribution in [0.4, 0.5) is 17.1 Å². The molecule has 0 saturated heterocycles. The second-order valence-electron chi connectivity index (χ2n) is 14.3. The van der Waals surface area contributed by atoms with Gasteiger partial charge in [-0.15, -0.1) is 0 Å². The third-order valence-electron chi connectivity index (χ3n) is 10.7. The highest BCUT2D eigenvalue weighted by Gasteiger charge is 2.52. The molecule has 9 rings (SSSR count). The average molecular weight is 686 g/mol. The highest BCUT2D eigenvalue weighted by molar-refractivity contribution is 5.57. The number of nitrogens with zero attached hydrogens (tertiary/aromatic N) is 3. The number of hydrogen-bond donors (Lipinski definition) is 0. The van der Waals surface area contributed by atoms with Crippen molar-refractivity contribution in [1.82, 2.24) is 0 Å². The summed E-state index contributed by atoms with van der Waals surface area (Å²) in [6.45, 7) is 8.44. The van der Waals surface area contributed by atoms with Crippen LogP contribution in [0.15, 0.2) is 146 Å². The van der Waals surface area contributed by atoms with Crippen LogP contribution in [0.5, 0.6) is 17.2 Å². The van der Waals surface area contributed by atoms with Gasteiger partial charge in [0.2, 0.25) is 0 Å².